The van der Waals surface area contributed by atoms with Gasteiger partial charge in [0.2, 0.25) is 0 Å². The second-order valence-corrected chi connectivity index (χ2v) is 4.85. The zero-order valence-electron chi connectivity index (χ0n) is 10.9. The molecule has 0 radical (unpaired) electrons. The quantitative estimate of drug-likeness (QED) is 0.647. The van der Waals surface area contributed by atoms with Gasteiger partial charge >= 0.3 is 0 Å². The number of hydrogen-bond acceptors (Lipinski definition) is 6. The van der Waals surface area contributed by atoms with E-state index in [1.165, 1.54) is 12.8 Å². The summed E-state index contributed by atoms with van der Waals surface area (Å²) in [5.41, 5.74) is 11.1. The zero-order valence-corrected chi connectivity index (χ0v) is 12.4. The van der Waals surface area contributed by atoms with Crippen LogP contribution in [0.3, 0.4) is 0 Å². The van der Waals surface area contributed by atoms with Gasteiger partial charge in [0.05, 0.1) is 0 Å². The Morgan fingerprint density at radius 2 is 2.10 bits per heavy atom. The lowest BCUT2D eigenvalue weighted by atomic mass is 10.1. The van der Waals surface area contributed by atoms with Gasteiger partial charge in [-0.3, -0.25) is 4.79 Å². The molecule has 1 aromatic heterocycles. The zero-order chi connectivity index (χ0) is 13.8. The molecule has 1 atom stereocenters. The van der Waals surface area contributed by atoms with Crippen LogP contribution in [0.25, 0.3) is 0 Å². The number of nitrogens with two attached hydrogens (primary N) is 2. The van der Waals surface area contributed by atoms with Gasteiger partial charge in [0.15, 0.2) is 22.5 Å². The smallest absolute Gasteiger partial charge is 0.273 e. The van der Waals surface area contributed by atoms with Crippen molar-refractivity contribution in [3.63, 3.8) is 0 Å². The van der Waals surface area contributed by atoms with Crippen LogP contribution in [-0.2, 0) is 0 Å². The average molecular weight is 321 g/mol. The van der Waals surface area contributed by atoms with E-state index in [4.69, 9.17) is 23.1 Å². The van der Waals surface area contributed by atoms with Gasteiger partial charge in [0, 0.05) is 12.6 Å². The summed E-state index contributed by atoms with van der Waals surface area (Å²) >= 11 is 5.73. The minimum absolute atomic E-state index is 0. The summed E-state index contributed by atoms with van der Waals surface area (Å²) in [5, 5.41) is 6.09. The monoisotopic (exact) mass is 320 g/mol. The molecule has 0 bridgehead atoms. The van der Waals surface area contributed by atoms with E-state index < -0.39 is 0 Å². The van der Waals surface area contributed by atoms with Crippen LogP contribution < -0.4 is 22.1 Å². The maximum atomic E-state index is 12.0. The Hall–Kier alpha value is -1.31. The maximum absolute atomic E-state index is 12.0. The van der Waals surface area contributed by atoms with Gasteiger partial charge in [-0.05, 0) is 19.4 Å². The van der Waals surface area contributed by atoms with Gasteiger partial charge in [-0.2, -0.15) is 0 Å². The first-order chi connectivity index (χ1) is 9.08. The highest BCUT2D eigenvalue weighted by molar-refractivity contribution is 6.31. The maximum Gasteiger partial charge on any atom is 0.273 e. The number of nitrogens with one attached hydrogen (secondary N) is 2. The van der Waals surface area contributed by atoms with Gasteiger partial charge in [-0.15, -0.1) is 12.4 Å². The fourth-order valence-electron chi connectivity index (χ4n) is 2.01. The molecule has 0 saturated carbocycles. The first-order valence-electron chi connectivity index (χ1n) is 6.18. The molecule has 20 heavy (non-hydrogen) atoms. The molecule has 1 amide bonds. The molecule has 7 nitrogen and oxygen atoms in total. The number of hydrogen-bond donors (Lipinski definition) is 4. The summed E-state index contributed by atoms with van der Waals surface area (Å²) in [4.78, 5) is 19.6. The molecule has 2 rings (SSSR count). The third kappa shape index (κ3) is 4.09. The predicted octanol–water partition coefficient (Wildman–Crippen LogP) is 0.588. The van der Waals surface area contributed by atoms with Gasteiger partial charge in [-0.1, -0.05) is 18.0 Å². The predicted molar refractivity (Wildman–Crippen MR) is 81.1 cm³/mol. The number of carbonyl (C=O) groups excluding carboxylic acids is 1. The van der Waals surface area contributed by atoms with Crippen molar-refractivity contribution in [2.24, 2.45) is 0 Å². The molecule has 1 aliphatic rings. The number of nitrogen functional groups attached to an aromatic ring is 2. The second-order valence-electron chi connectivity index (χ2n) is 4.49. The van der Waals surface area contributed by atoms with Gasteiger partial charge in [0.25, 0.3) is 5.91 Å². The molecule has 112 valence electrons. The summed E-state index contributed by atoms with van der Waals surface area (Å²) in [6.07, 6.45) is 3.39. The molecule has 0 aliphatic carbocycles. The third-order valence-electron chi connectivity index (χ3n) is 3.04. The third-order valence-corrected chi connectivity index (χ3v) is 3.32. The van der Waals surface area contributed by atoms with Crippen molar-refractivity contribution in [3.8, 4) is 0 Å². The standard InChI is InChI=1S/C11H17ClN6O.ClH/c12-8-10(14)18-9(13)7(17-8)11(19)16-5-6-3-1-2-4-15-6;/h6,15H,1-5H2,(H,16,19)(H4,13,14,18);1H/t6-;/m0./s1. The van der Waals surface area contributed by atoms with Crippen LogP contribution in [0.2, 0.25) is 5.15 Å². The highest BCUT2D eigenvalue weighted by Crippen LogP contribution is 2.17. The molecule has 0 spiro atoms. The van der Waals surface area contributed by atoms with E-state index in [-0.39, 0.29) is 46.8 Å². The summed E-state index contributed by atoms with van der Waals surface area (Å²) < 4.78 is 0. The average Bonchev–Trinajstić information content (AvgIpc) is 2.41. The molecular weight excluding hydrogens is 303 g/mol. The lowest BCUT2D eigenvalue weighted by Crippen LogP contribution is -2.43. The molecule has 6 N–H and O–H groups in total. The molecule has 0 aromatic carbocycles. The Morgan fingerprint density at radius 1 is 1.35 bits per heavy atom. The molecule has 0 unspecified atom stereocenters. The summed E-state index contributed by atoms with van der Waals surface area (Å²) in [7, 11) is 0. The Balaban J connectivity index is 0.00000200. The number of halogens is 2. The minimum atomic E-state index is -0.390. The van der Waals surface area contributed by atoms with Crippen LogP contribution in [0.5, 0.6) is 0 Å². The fourth-order valence-corrected chi connectivity index (χ4v) is 2.13. The van der Waals surface area contributed by atoms with Crippen LogP contribution in [0.15, 0.2) is 0 Å². The van der Waals surface area contributed by atoms with Crippen LogP contribution in [0.4, 0.5) is 11.6 Å². The molecule has 2 heterocycles. The minimum Gasteiger partial charge on any atom is -0.382 e. The Bertz CT molecular complexity index is 478. The van der Waals surface area contributed by atoms with Crippen molar-refractivity contribution in [3.05, 3.63) is 10.8 Å². The molecular formula is C11H18Cl2N6O. The first kappa shape index (κ1) is 16.7. The number of aromatic nitrogens is 2. The molecule has 9 heteroatoms. The van der Waals surface area contributed by atoms with Crippen molar-refractivity contribution in [1.82, 2.24) is 20.6 Å². The van der Waals surface area contributed by atoms with Crippen molar-refractivity contribution < 1.29 is 4.79 Å². The molecule has 1 saturated heterocycles. The lowest BCUT2D eigenvalue weighted by molar-refractivity contribution is 0.0943. The van der Waals surface area contributed by atoms with Gasteiger partial charge in [0.1, 0.15) is 0 Å². The van der Waals surface area contributed by atoms with Crippen LogP contribution in [0.1, 0.15) is 29.8 Å². The Kier molecular flexibility index (Phi) is 6.25. The number of nitrogens with zero attached hydrogens (tertiary/aromatic N) is 2. The van der Waals surface area contributed by atoms with Crippen molar-refractivity contribution >= 4 is 41.6 Å². The second kappa shape index (κ2) is 7.47. The highest BCUT2D eigenvalue weighted by atomic mass is 35.5. The van der Waals surface area contributed by atoms with Crippen LogP contribution >= 0.6 is 24.0 Å². The molecule has 1 aliphatic heterocycles. The van der Waals surface area contributed by atoms with Crippen molar-refractivity contribution in [1.29, 1.82) is 0 Å². The van der Waals surface area contributed by atoms with E-state index in [0.29, 0.717) is 6.54 Å². The molecule has 1 aromatic rings. The normalized spacial score (nSPS) is 18.1. The van der Waals surface area contributed by atoms with Crippen molar-refractivity contribution in [2.45, 2.75) is 25.3 Å². The Labute approximate surface area is 128 Å². The largest absolute Gasteiger partial charge is 0.382 e. The number of anilines is 2. The summed E-state index contributed by atoms with van der Waals surface area (Å²) in [5.74, 6) is -0.389. The van der Waals surface area contributed by atoms with Gasteiger partial charge in [-0.25, -0.2) is 9.97 Å². The van der Waals surface area contributed by atoms with E-state index >= 15 is 0 Å². The van der Waals surface area contributed by atoms with E-state index in [1.54, 1.807) is 0 Å². The first-order valence-corrected chi connectivity index (χ1v) is 6.56. The number of rotatable bonds is 3. The van der Waals surface area contributed by atoms with E-state index in [1.807, 2.05) is 0 Å². The highest BCUT2D eigenvalue weighted by Gasteiger charge is 2.18. The topological polar surface area (TPSA) is 119 Å². The lowest BCUT2D eigenvalue weighted by Gasteiger charge is -2.23. The van der Waals surface area contributed by atoms with E-state index in [0.717, 1.165) is 13.0 Å². The molecule has 1 fully saturated rings. The summed E-state index contributed by atoms with van der Waals surface area (Å²) in [6.45, 7) is 1.51. The van der Waals surface area contributed by atoms with Crippen molar-refractivity contribution in [2.75, 3.05) is 24.6 Å². The summed E-state index contributed by atoms with van der Waals surface area (Å²) in [6, 6.07) is 0.288. The Morgan fingerprint density at radius 3 is 2.75 bits per heavy atom. The number of amides is 1. The van der Waals surface area contributed by atoms with Gasteiger partial charge < -0.3 is 22.1 Å². The number of carbonyl (C=O) groups is 1. The van der Waals surface area contributed by atoms with Crippen LogP contribution in [0, 0.1) is 0 Å². The van der Waals surface area contributed by atoms with E-state index in [2.05, 4.69) is 20.6 Å². The van der Waals surface area contributed by atoms with Crippen LogP contribution in [-0.4, -0.2) is 35.0 Å². The fraction of sp³-hybridized carbons (Fsp3) is 0.545. The SMILES string of the molecule is Cl.Nc1nc(N)c(C(=O)NC[C@@H]2CCCCN2)nc1Cl. The number of piperidine rings is 1. The van der Waals surface area contributed by atoms with E-state index in [9.17, 15) is 4.79 Å².